The van der Waals surface area contributed by atoms with Gasteiger partial charge in [0.2, 0.25) is 0 Å². The van der Waals surface area contributed by atoms with E-state index in [0.717, 1.165) is 180 Å². The van der Waals surface area contributed by atoms with Crippen molar-refractivity contribution in [2.24, 2.45) is 0 Å². The lowest BCUT2D eigenvalue weighted by molar-refractivity contribution is -0.161. The molecule has 3 N–H and O–H groups in total. The fourth-order valence-electron chi connectivity index (χ4n) is 9.95. The molecule has 0 aliphatic heterocycles. The summed E-state index contributed by atoms with van der Waals surface area (Å²) in [4.78, 5) is 73.1. The van der Waals surface area contributed by atoms with Crippen LogP contribution in [0.15, 0.2) is 194 Å². The van der Waals surface area contributed by atoms with Gasteiger partial charge >= 0.3 is 39.5 Å². The monoisotopic (exact) mass is 1540 g/mol. The van der Waals surface area contributed by atoms with Gasteiger partial charge in [-0.2, -0.15) is 0 Å². The molecule has 0 aliphatic carbocycles. The smallest absolute Gasteiger partial charge is 0.462 e. The summed E-state index contributed by atoms with van der Waals surface area (Å²) in [5, 5.41) is 10.7. The van der Waals surface area contributed by atoms with Gasteiger partial charge in [0.05, 0.1) is 26.4 Å². The number of aliphatic hydroxyl groups is 1. The van der Waals surface area contributed by atoms with Crippen LogP contribution in [0.5, 0.6) is 0 Å². The quantitative estimate of drug-likeness (QED) is 0.0169. The predicted octanol–water partition coefficient (Wildman–Crippen LogP) is 24.1. The number of hydrogen-bond acceptors (Lipinski definition) is 15. The van der Waals surface area contributed by atoms with Gasteiger partial charge in [0.15, 0.2) is 12.2 Å². The number of aliphatic hydroxyl groups excluding tert-OH is 1. The maximum atomic E-state index is 13.1. The molecule has 0 heterocycles. The second-order valence-electron chi connectivity index (χ2n) is 26.2. The van der Waals surface area contributed by atoms with E-state index in [-0.39, 0.29) is 25.7 Å². The number of hydrogen-bond donors (Lipinski definition) is 3. The van der Waals surface area contributed by atoms with Crippen molar-refractivity contribution in [1.29, 1.82) is 0 Å². The third-order valence-corrected chi connectivity index (χ3v) is 17.9. The maximum absolute atomic E-state index is 13.1. The Kier molecular flexibility index (Phi) is 74.5. The van der Waals surface area contributed by atoms with E-state index in [0.29, 0.717) is 32.1 Å². The summed E-state index contributed by atoms with van der Waals surface area (Å²) in [5.74, 6) is -2.34. The van der Waals surface area contributed by atoms with Crippen LogP contribution >= 0.6 is 15.6 Å². The molecule has 0 radical (unpaired) electrons. The molecule has 0 aromatic rings. The highest BCUT2D eigenvalue weighted by Crippen LogP contribution is 2.45. The first-order chi connectivity index (χ1) is 52.7. The van der Waals surface area contributed by atoms with Crippen LogP contribution in [-0.4, -0.2) is 96.7 Å². The van der Waals surface area contributed by atoms with Crippen LogP contribution in [-0.2, 0) is 65.4 Å². The van der Waals surface area contributed by atoms with Crippen LogP contribution in [0, 0.1) is 0 Å². The SMILES string of the molecule is CC/C=C\C/C=C\C/C=C\C/C=C\C/C=C\CCCCCC(=O)OCC(COP(=O)(O)OCC(O)COP(=O)(O)OCC(COC(=O)CCC/C=C\C/C=C\C/C=C\C/C=C\C/C=C\CC)OC(=O)CCCCCC/C=C\C/C=C\C/C=C\C/C=C\CC)OC(=O)CCCCCCC/C=C\C/C=C\CCCCC. The molecule has 17 nitrogen and oxygen atoms in total. The fourth-order valence-corrected chi connectivity index (χ4v) is 11.5. The Morgan fingerprint density at radius 3 is 0.787 bits per heavy atom. The number of ether oxygens (including phenoxy) is 4. The highest BCUT2D eigenvalue weighted by atomic mass is 31.2. The van der Waals surface area contributed by atoms with E-state index in [2.05, 4.69) is 210 Å². The van der Waals surface area contributed by atoms with Crippen molar-refractivity contribution in [3.05, 3.63) is 194 Å². The largest absolute Gasteiger partial charge is 0.472 e. The Hall–Kier alpha value is -6.10. The summed E-state index contributed by atoms with van der Waals surface area (Å²) in [6.45, 7) is 4.34. The van der Waals surface area contributed by atoms with Crippen molar-refractivity contribution in [1.82, 2.24) is 0 Å². The molecule has 0 aliphatic rings. The Morgan fingerprint density at radius 1 is 0.269 bits per heavy atom. The standard InChI is InChI=1S/C89H142O17P2/c1-5-9-13-17-21-25-29-33-37-40-41-44-47-50-54-58-62-66-70-74-87(92)100-79-84(105-88(93)75-71-67-63-59-55-51-45-36-32-28-24-20-16-12-8-4)81-103-107(95,96)101-77-83(90)78-102-108(97,98)104-82-85(106-89(94)76-72-68-64-60-56-52-48-43-39-35-31-27-23-19-15-11-7-3)80-99-86(91)73-69-65-61-57-53-49-46-42-38-34-30-26-22-18-14-10-6-2/h9-11,13-15,21-28,33-39,41,44-46,48-50,52,54,57,61,83-85,90H,5-8,12,16-20,29-32,40,42-43,47,51,53,55-56,58-60,62-82H2,1-4H3,(H,95,96)(H,97,98)/b13-9-,14-10-,15-11-,25-21-,26-22-,27-23-,28-24-,37-33-,38-34-,39-35-,44-41-,45-36-,49-46-,52-48-,54-50-,61-57-. The summed E-state index contributed by atoms with van der Waals surface area (Å²) in [7, 11) is -10.0. The minimum Gasteiger partial charge on any atom is -0.462 e. The van der Waals surface area contributed by atoms with Gasteiger partial charge in [-0.3, -0.25) is 37.3 Å². The molecule has 0 rings (SSSR count). The lowest BCUT2D eigenvalue weighted by atomic mass is 10.1. The zero-order chi connectivity index (χ0) is 78.9. The van der Waals surface area contributed by atoms with E-state index in [9.17, 15) is 43.2 Å². The van der Waals surface area contributed by atoms with Gasteiger partial charge in [-0.15, -0.1) is 0 Å². The van der Waals surface area contributed by atoms with Gasteiger partial charge in [-0.1, -0.05) is 273 Å². The molecule has 0 spiro atoms. The molecular weight excluding hydrogens is 1400 g/mol. The number of phosphoric acid groups is 2. The number of unbranched alkanes of at least 4 members (excludes halogenated alkanes) is 16. The Morgan fingerprint density at radius 2 is 0.491 bits per heavy atom. The number of carbonyl (C=O) groups excluding carboxylic acids is 4. The van der Waals surface area contributed by atoms with Crippen molar-refractivity contribution in [3.8, 4) is 0 Å². The van der Waals surface area contributed by atoms with Crippen LogP contribution in [0.3, 0.4) is 0 Å². The van der Waals surface area contributed by atoms with Crippen LogP contribution in [0.1, 0.15) is 285 Å². The number of allylic oxidation sites excluding steroid dienone is 32. The molecule has 610 valence electrons. The molecule has 5 unspecified atom stereocenters. The fraction of sp³-hybridized carbons (Fsp3) is 0.596. The van der Waals surface area contributed by atoms with Crippen molar-refractivity contribution < 1.29 is 80.2 Å². The average Bonchev–Trinajstić information content (AvgIpc) is 0.901. The molecule has 19 heteroatoms. The molecule has 0 aromatic carbocycles. The zero-order valence-corrected chi connectivity index (χ0v) is 68.5. The molecule has 0 aromatic heterocycles. The predicted molar refractivity (Wildman–Crippen MR) is 445 cm³/mol. The van der Waals surface area contributed by atoms with Gasteiger partial charge < -0.3 is 33.8 Å². The van der Waals surface area contributed by atoms with Gasteiger partial charge in [-0.25, -0.2) is 9.13 Å². The van der Waals surface area contributed by atoms with Gasteiger partial charge in [0.25, 0.3) is 0 Å². The van der Waals surface area contributed by atoms with E-state index < -0.39 is 97.5 Å². The van der Waals surface area contributed by atoms with Crippen molar-refractivity contribution in [2.45, 2.75) is 303 Å². The van der Waals surface area contributed by atoms with Crippen LogP contribution in [0.25, 0.3) is 0 Å². The summed E-state index contributed by atoms with van der Waals surface area (Å²) < 4.78 is 68.6. The Balaban J connectivity index is 5.51. The number of esters is 4. The minimum atomic E-state index is -5.01. The highest BCUT2D eigenvalue weighted by molar-refractivity contribution is 7.47. The zero-order valence-electron chi connectivity index (χ0n) is 66.7. The number of carbonyl (C=O) groups is 4. The number of rotatable bonds is 74. The van der Waals surface area contributed by atoms with Crippen molar-refractivity contribution in [3.63, 3.8) is 0 Å². The maximum Gasteiger partial charge on any atom is 0.472 e. The normalized spacial score (nSPS) is 14.8. The second-order valence-corrected chi connectivity index (χ2v) is 29.1. The van der Waals surface area contributed by atoms with E-state index in [1.165, 1.54) is 19.3 Å². The van der Waals surface area contributed by atoms with Crippen LogP contribution < -0.4 is 0 Å². The topological polar surface area (TPSA) is 237 Å². The minimum absolute atomic E-state index is 0.0458. The molecule has 5 atom stereocenters. The molecule has 0 bridgehead atoms. The first-order valence-corrected chi connectivity index (χ1v) is 43.7. The first kappa shape index (κ1) is 102. The Labute approximate surface area is 653 Å². The second kappa shape index (κ2) is 79.0. The van der Waals surface area contributed by atoms with E-state index in [1.807, 2.05) is 12.2 Å². The van der Waals surface area contributed by atoms with E-state index >= 15 is 0 Å². The third-order valence-electron chi connectivity index (χ3n) is 16.0. The summed E-state index contributed by atoms with van der Waals surface area (Å²) in [6, 6.07) is 0. The lowest BCUT2D eigenvalue weighted by Crippen LogP contribution is -2.30. The van der Waals surface area contributed by atoms with E-state index in [4.69, 9.17) is 37.0 Å². The molecule has 108 heavy (non-hydrogen) atoms. The van der Waals surface area contributed by atoms with E-state index in [1.54, 1.807) is 0 Å². The van der Waals surface area contributed by atoms with Crippen LogP contribution in [0.2, 0.25) is 0 Å². The molecular formula is C89H142O17P2. The molecule has 0 saturated heterocycles. The van der Waals surface area contributed by atoms with Gasteiger partial charge in [0.1, 0.15) is 19.3 Å². The molecule has 0 fully saturated rings. The van der Waals surface area contributed by atoms with Gasteiger partial charge in [0, 0.05) is 25.7 Å². The Bertz CT molecular complexity index is 2810. The van der Waals surface area contributed by atoms with Crippen LogP contribution in [0.4, 0.5) is 0 Å². The lowest BCUT2D eigenvalue weighted by Gasteiger charge is -2.21. The first-order valence-electron chi connectivity index (χ1n) is 40.7. The number of phosphoric ester groups is 2. The van der Waals surface area contributed by atoms with Gasteiger partial charge in [-0.05, 0) is 180 Å². The third kappa shape index (κ3) is 78.0. The summed E-state index contributed by atoms with van der Waals surface area (Å²) in [5.41, 5.74) is 0. The summed E-state index contributed by atoms with van der Waals surface area (Å²) in [6.07, 6.45) is 96.9. The average molecular weight is 1550 g/mol. The van der Waals surface area contributed by atoms with Crippen molar-refractivity contribution in [2.75, 3.05) is 39.6 Å². The molecule has 0 amide bonds. The highest BCUT2D eigenvalue weighted by Gasteiger charge is 2.30. The summed E-state index contributed by atoms with van der Waals surface area (Å²) >= 11 is 0. The molecule has 0 saturated carbocycles. The van der Waals surface area contributed by atoms with Crippen molar-refractivity contribution >= 4 is 39.5 Å².